The normalized spacial score (nSPS) is 29.5. The molecule has 0 radical (unpaired) electrons. The summed E-state index contributed by atoms with van der Waals surface area (Å²) in [6.45, 7) is 4.73. The first-order valence-corrected chi connectivity index (χ1v) is 8.44. The summed E-state index contributed by atoms with van der Waals surface area (Å²) in [5, 5.41) is 3.72. The van der Waals surface area contributed by atoms with Crippen molar-refractivity contribution in [3.63, 3.8) is 0 Å². The zero-order valence-electron chi connectivity index (χ0n) is 13.0. The Morgan fingerprint density at radius 2 is 2.00 bits per heavy atom. The maximum atomic E-state index is 6.18. The van der Waals surface area contributed by atoms with Gasteiger partial charge in [-0.2, -0.15) is 0 Å². The Hall–Kier alpha value is -1.06. The predicted octanol–water partition coefficient (Wildman–Crippen LogP) is 3.70. The van der Waals surface area contributed by atoms with E-state index in [4.69, 9.17) is 9.47 Å². The van der Waals surface area contributed by atoms with E-state index < -0.39 is 0 Å². The topological polar surface area (TPSA) is 30.5 Å². The van der Waals surface area contributed by atoms with Crippen LogP contribution in [0.25, 0.3) is 0 Å². The predicted molar refractivity (Wildman–Crippen MR) is 84.7 cm³/mol. The van der Waals surface area contributed by atoms with Crippen molar-refractivity contribution < 1.29 is 9.47 Å². The van der Waals surface area contributed by atoms with Gasteiger partial charge >= 0.3 is 0 Å². The van der Waals surface area contributed by atoms with Crippen LogP contribution in [0.1, 0.15) is 50.7 Å². The van der Waals surface area contributed by atoms with Gasteiger partial charge in [-0.25, -0.2) is 0 Å². The van der Waals surface area contributed by atoms with Crippen LogP contribution in [-0.2, 0) is 4.74 Å². The Labute approximate surface area is 128 Å². The minimum Gasteiger partial charge on any atom is -0.494 e. The molecule has 1 heterocycles. The van der Waals surface area contributed by atoms with E-state index in [1.54, 1.807) is 0 Å². The molecule has 1 aliphatic carbocycles. The van der Waals surface area contributed by atoms with E-state index in [-0.39, 0.29) is 6.10 Å². The van der Waals surface area contributed by atoms with E-state index in [1.807, 2.05) is 0 Å². The molecule has 3 nitrogen and oxygen atoms in total. The molecule has 3 atom stereocenters. The molecular weight excluding hydrogens is 262 g/mol. The number of hydrogen-bond acceptors (Lipinski definition) is 3. The zero-order valence-corrected chi connectivity index (χ0v) is 13.0. The van der Waals surface area contributed by atoms with Gasteiger partial charge in [0, 0.05) is 12.6 Å². The Balaban J connectivity index is 1.61. The molecule has 3 rings (SSSR count). The van der Waals surface area contributed by atoms with Gasteiger partial charge in [-0.05, 0) is 42.9 Å². The summed E-state index contributed by atoms with van der Waals surface area (Å²) < 4.78 is 11.8. The highest BCUT2D eigenvalue weighted by atomic mass is 16.5. The van der Waals surface area contributed by atoms with Crippen molar-refractivity contribution in [2.45, 2.75) is 51.2 Å². The molecule has 2 fully saturated rings. The van der Waals surface area contributed by atoms with Crippen molar-refractivity contribution in [2.24, 2.45) is 5.92 Å². The molecule has 2 aliphatic rings. The third-order valence-corrected chi connectivity index (χ3v) is 4.71. The number of nitrogens with one attached hydrogen (secondary N) is 1. The molecule has 1 saturated carbocycles. The third kappa shape index (κ3) is 3.78. The van der Waals surface area contributed by atoms with Gasteiger partial charge in [0.1, 0.15) is 5.75 Å². The summed E-state index contributed by atoms with van der Waals surface area (Å²) in [5.74, 6) is 1.66. The van der Waals surface area contributed by atoms with E-state index in [0.717, 1.165) is 31.9 Å². The molecule has 1 N–H and O–H groups in total. The maximum absolute atomic E-state index is 6.18. The smallest absolute Gasteiger partial charge is 0.119 e. The molecule has 0 bridgehead atoms. The van der Waals surface area contributed by atoms with Crippen molar-refractivity contribution in [1.29, 1.82) is 0 Å². The number of ether oxygens (including phenoxy) is 2. The lowest BCUT2D eigenvalue weighted by Crippen LogP contribution is -2.38. The SMILES string of the molecule is CCCOc1ccc(C2CNC3CCCCC3CO2)cc1. The van der Waals surface area contributed by atoms with Crippen LogP contribution in [0.3, 0.4) is 0 Å². The molecule has 1 aromatic rings. The standard InChI is InChI=1S/C18H27NO2/c1-2-11-20-16-9-7-14(8-10-16)18-12-19-17-6-4-3-5-15(17)13-21-18/h7-10,15,17-19H,2-6,11-13H2,1H3. The second-order valence-electron chi connectivity index (χ2n) is 6.30. The molecule has 0 amide bonds. The summed E-state index contributed by atoms with van der Waals surface area (Å²) in [5.41, 5.74) is 1.25. The first kappa shape index (κ1) is 14.9. The van der Waals surface area contributed by atoms with E-state index in [9.17, 15) is 0 Å². The van der Waals surface area contributed by atoms with Crippen LogP contribution in [0, 0.1) is 5.92 Å². The zero-order chi connectivity index (χ0) is 14.5. The lowest BCUT2D eigenvalue weighted by Gasteiger charge is -2.29. The second-order valence-corrected chi connectivity index (χ2v) is 6.30. The van der Waals surface area contributed by atoms with Gasteiger partial charge in [-0.3, -0.25) is 0 Å². The van der Waals surface area contributed by atoms with Crippen LogP contribution >= 0.6 is 0 Å². The number of benzene rings is 1. The Bertz CT molecular complexity index is 415. The molecule has 3 unspecified atom stereocenters. The van der Waals surface area contributed by atoms with E-state index in [2.05, 4.69) is 36.5 Å². The van der Waals surface area contributed by atoms with Crippen LogP contribution in [0.15, 0.2) is 24.3 Å². The van der Waals surface area contributed by atoms with E-state index in [1.165, 1.54) is 31.2 Å². The molecule has 1 aromatic carbocycles. The first-order chi connectivity index (χ1) is 10.4. The van der Waals surface area contributed by atoms with Crippen molar-refractivity contribution in [3.05, 3.63) is 29.8 Å². The van der Waals surface area contributed by atoms with Gasteiger partial charge in [-0.1, -0.05) is 31.9 Å². The fourth-order valence-electron chi connectivity index (χ4n) is 3.45. The molecule has 3 heteroatoms. The largest absolute Gasteiger partial charge is 0.494 e. The summed E-state index contributed by atoms with van der Waals surface area (Å²) in [6.07, 6.45) is 6.57. The quantitative estimate of drug-likeness (QED) is 0.917. The highest BCUT2D eigenvalue weighted by molar-refractivity contribution is 5.29. The van der Waals surface area contributed by atoms with Crippen molar-refractivity contribution >= 4 is 0 Å². The van der Waals surface area contributed by atoms with Crippen molar-refractivity contribution in [3.8, 4) is 5.75 Å². The molecule has 0 spiro atoms. The Morgan fingerprint density at radius 1 is 1.19 bits per heavy atom. The number of hydrogen-bond donors (Lipinski definition) is 1. The van der Waals surface area contributed by atoms with Crippen LogP contribution in [0.5, 0.6) is 5.75 Å². The Kier molecular flexibility index (Phi) is 5.15. The van der Waals surface area contributed by atoms with Gasteiger partial charge in [-0.15, -0.1) is 0 Å². The molecule has 0 aromatic heterocycles. The summed E-state index contributed by atoms with van der Waals surface area (Å²) in [7, 11) is 0. The Morgan fingerprint density at radius 3 is 2.81 bits per heavy atom. The average Bonchev–Trinajstić information content (AvgIpc) is 2.76. The lowest BCUT2D eigenvalue weighted by molar-refractivity contribution is 0.0401. The fraction of sp³-hybridized carbons (Fsp3) is 0.667. The highest BCUT2D eigenvalue weighted by Crippen LogP contribution is 2.30. The second kappa shape index (κ2) is 7.28. The first-order valence-electron chi connectivity index (χ1n) is 8.44. The fourth-order valence-corrected chi connectivity index (χ4v) is 3.45. The van der Waals surface area contributed by atoms with Crippen LogP contribution < -0.4 is 10.1 Å². The molecule has 21 heavy (non-hydrogen) atoms. The minimum atomic E-state index is 0.177. The molecular formula is C18H27NO2. The van der Waals surface area contributed by atoms with Crippen LogP contribution in [0.2, 0.25) is 0 Å². The van der Waals surface area contributed by atoms with Gasteiger partial charge in [0.15, 0.2) is 0 Å². The molecule has 116 valence electrons. The van der Waals surface area contributed by atoms with Gasteiger partial charge in [0.2, 0.25) is 0 Å². The summed E-state index contributed by atoms with van der Waals surface area (Å²) >= 11 is 0. The number of rotatable bonds is 4. The summed E-state index contributed by atoms with van der Waals surface area (Å²) in [6, 6.07) is 9.08. The minimum absolute atomic E-state index is 0.177. The lowest BCUT2D eigenvalue weighted by atomic mass is 9.85. The molecule has 1 aliphatic heterocycles. The van der Waals surface area contributed by atoms with Crippen molar-refractivity contribution in [1.82, 2.24) is 5.32 Å². The molecule has 1 saturated heterocycles. The maximum Gasteiger partial charge on any atom is 0.119 e. The van der Waals surface area contributed by atoms with E-state index in [0.29, 0.717) is 12.0 Å². The number of fused-ring (bicyclic) bond motifs is 1. The van der Waals surface area contributed by atoms with Crippen LogP contribution in [-0.4, -0.2) is 25.8 Å². The average molecular weight is 289 g/mol. The highest BCUT2D eigenvalue weighted by Gasteiger charge is 2.29. The third-order valence-electron chi connectivity index (χ3n) is 4.71. The van der Waals surface area contributed by atoms with Crippen molar-refractivity contribution in [2.75, 3.05) is 19.8 Å². The monoisotopic (exact) mass is 289 g/mol. The van der Waals surface area contributed by atoms with E-state index >= 15 is 0 Å². The van der Waals surface area contributed by atoms with Gasteiger partial charge < -0.3 is 14.8 Å². The summed E-state index contributed by atoms with van der Waals surface area (Å²) in [4.78, 5) is 0. The van der Waals surface area contributed by atoms with Gasteiger partial charge in [0.05, 0.1) is 19.3 Å². The van der Waals surface area contributed by atoms with Gasteiger partial charge in [0.25, 0.3) is 0 Å². The van der Waals surface area contributed by atoms with Crippen LogP contribution in [0.4, 0.5) is 0 Å².